The summed E-state index contributed by atoms with van der Waals surface area (Å²) < 4.78 is 12.1. The lowest BCUT2D eigenvalue weighted by Crippen LogP contribution is -2.42. The first-order chi connectivity index (χ1) is 12.2. The van der Waals surface area contributed by atoms with Crippen LogP contribution in [0.2, 0.25) is 0 Å². The molecule has 0 atom stereocenters. The Kier molecular flexibility index (Phi) is 11.7. The fraction of sp³-hybridized carbons (Fsp3) is 0.632. The summed E-state index contributed by atoms with van der Waals surface area (Å²) in [7, 11) is 0. The molecule has 0 unspecified atom stereocenters. The molecule has 0 saturated carbocycles. The summed E-state index contributed by atoms with van der Waals surface area (Å²) in [6.07, 6.45) is 1.99. The number of ether oxygens (including phenoxy) is 2. The van der Waals surface area contributed by atoms with Gasteiger partial charge in [-0.1, -0.05) is 28.1 Å². The van der Waals surface area contributed by atoms with Crippen LogP contribution in [-0.4, -0.2) is 52.0 Å². The summed E-state index contributed by atoms with van der Waals surface area (Å²) in [4.78, 5) is 4.88. The minimum atomic E-state index is 0. The molecule has 1 aromatic rings. The molecule has 5 nitrogen and oxygen atoms in total. The molecule has 1 fully saturated rings. The quantitative estimate of drug-likeness (QED) is 0.229. The van der Waals surface area contributed by atoms with Gasteiger partial charge in [0.2, 0.25) is 0 Å². The predicted molar refractivity (Wildman–Crippen MR) is 122 cm³/mol. The average molecular weight is 540 g/mol. The van der Waals surface area contributed by atoms with Crippen molar-refractivity contribution in [2.75, 3.05) is 46.1 Å². The van der Waals surface area contributed by atoms with Crippen LogP contribution in [0.25, 0.3) is 0 Å². The van der Waals surface area contributed by atoms with Crippen LogP contribution in [0.5, 0.6) is 0 Å². The standard InChI is InChI=1S/C19H30BrN3O2.HI/c1-3-21-18(22-11-14-24-4-2)23-15-19(9-12-25-13-10-19)16-5-7-17(20)8-6-16;/h5-8H,3-4,9-15H2,1-2H3,(H2,21,22,23);1H. The van der Waals surface area contributed by atoms with E-state index < -0.39 is 0 Å². The van der Waals surface area contributed by atoms with E-state index in [-0.39, 0.29) is 29.4 Å². The molecule has 1 aliphatic rings. The Morgan fingerprint density at radius 2 is 1.88 bits per heavy atom. The zero-order chi connectivity index (χ0) is 18.0. The molecular weight excluding hydrogens is 509 g/mol. The lowest BCUT2D eigenvalue weighted by atomic mass is 9.74. The predicted octanol–water partition coefficient (Wildman–Crippen LogP) is 3.71. The normalized spacial score (nSPS) is 16.7. The summed E-state index contributed by atoms with van der Waals surface area (Å²) in [5, 5.41) is 6.67. The first-order valence-electron chi connectivity index (χ1n) is 9.14. The second-order valence-electron chi connectivity index (χ2n) is 6.22. The molecule has 7 heteroatoms. The highest BCUT2D eigenvalue weighted by atomic mass is 127. The Labute approximate surface area is 182 Å². The third kappa shape index (κ3) is 7.32. The topological polar surface area (TPSA) is 54.9 Å². The molecule has 2 N–H and O–H groups in total. The maximum absolute atomic E-state index is 5.61. The molecule has 2 rings (SSSR count). The Hall–Kier alpha value is -0.380. The van der Waals surface area contributed by atoms with Crippen molar-refractivity contribution in [1.82, 2.24) is 10.6 Å². The molecule has 0 spiro atoms. The molecule has 26 heavy (non-hydrogen) atoms. The number of halogens is 2. The van der Waals surface area contributed by atoms with Gasteiger partial charge >= 0.3 is 0 Å². The van der Waals surface area contributed by atoms with Gasteiger partial charge < -0.3 is 20.1 Å². The van der Waals surface area contributed by atoms with Crippen molar-refractivity contribution in [2.45, 2.75) is 32.1 Å². The van der Waals surface area contributed by atoms with Gasteiger partial charge in [0, 0.05) is 42.8 Å². The Morgan fingerprint density at radius 3 is 2.50 bits per heavy atom. The van der Waals surface area contributed by atoms with Crippen molar-refractivity contribution >= 4 is 45.9 Å². The molecular formula is C19H31BrIN3O2. The third-order valence-corrected chi connectivity index (χ3v) is 5.06. The summed E-state index contributed by atoms with van der Waals surface area (Å²) >= 11 is 3.53. The first kappa shape index (κ1) is 23.7. The van der Waals surface area contributed by atoms with Crippen LogP contribution in [0.1, 0.15) is 32.3 Å². The van der Waals surface area contributed by atoms with Crippen molar-refractivity contribution in [3.63, 3.8) is 0 Å². The highest BCUT2D eigenvalue weighted by Crippen LogP contribution is 2.35. The molecule has 148 valence electrons. The number of rotatable bonds is 8. The Balaban J connectivity index is 0.00000338. The highest BCUT2D eigenvalue weighted by molar-refractivity contribution is 14.0. The summed E-state index contributed by atoms with van der Waals surface area (Å²) in [5.74, 6) is 0.852. The van der Waals surface area contributed by atoms with Crippen LogP contribution >= 0.6 is 39.9 Å². The largest absolute Gasteiger partial charge is 0.381 e. The lowest BCUT2D eigenvalue weighted by Gasteiger charge is -2.36. The van der Waals surface area contributed by atoms with Gasteiger partial charge in [-0.3, -0.25) is 4.99 Å². The fourth-order valence-electron chi connectivity index (χ4n) is 3.06. The monoisotopic (exact) mass is 539 g/mol. The zero-order valence-corrected chi connectivity index (χ0v) is 19.6. The van der Waals surface area contributed by atoms with Crippen LogP contribution in [0.15, 0.2) is 33.7 Å². The van der Waals surface area contributed by atoms with Crippen LogP contribution in [0, 0.1) is 0 Å². The van der Waals surface area contributed by atoms with Crippen LogP contribution in [-0.2, 0) is 14.9 Å². The minimum Gasteiger partial charge on any atom is -0.381 e. The smallest absolute Gasteiger partial charge is 0.191 e. The molecule has 0 bridgehead atoms. The molecule has 0 aromatic heterocycles. The first-order valence-corrected chi connectivity index (χ1v) is 9.93. The molecule has 0 aliphatic carbocycles. The van der Waals surface area contributed by atoms with Crippen molar-refractivity contribution in [1.29, 1.82) is 0 Å². The van der Waals surface area contributed by atoms with Gasteiger partial charge in [-0.25, -0.2) is 0 Å². The number of nitrogens with one attached hydrogen (secondary N) is 2. The number of aliphatic imine (C=N–C) groups is 1. The van der Waals surface area contributed by atoms with Gasteiger partial charge in [0.05, 0.1) is 13.2 Å². The van der Waals surface area contributed by atoms with E-state index >= 15 is 0 Å². The van der Waals surface area contributed by atoms with Gasteiger partial charge in [0.1, 0.15) is 0 Å². The van der Waals surface area contributed by atoms with Crippen LogP contribution in [0.3, 0.4) is 0 Å². The van der Waals surface area contributed by atoms with Gasteiger partial charge in [0.25, 0.3) is 0 Å². The number of hydrogen-bond acceptors (Lipinski definition) is 3. The fourth-order valence-corrected chi connectivity index (χ4v) is 3.33. The molecule has 1 heterocycles. The Bertz CT molecular complexity index is 534. The van der Waals surface area contributed by atoms with E-state index in [1.54, 1.807) is 0 Å². The molecule has 0 amide bonds. The maximum Gasteiger partial charge on any atom is 0.191 e. The minimum absolute atomic E-state index is 0. The zero-order valence-electron chi connectivity index (χ0n) is 15.7. The van der Waals surface area contributed by atoms with Gasteiger partial charge in [-0.05, 0) is 44.4 Å². The molecule has 1 saturated heterocycles. The summed E-state index contributed by atoms with van der Waals surface area (Å²) in [6.45, 7) is 9.45. The number of benzene rings is 1. The van der Waals surface area contributed by atoms with Crippen LogP contribution in [0.4, 0.5) is 0 Å². The second-order valence-corrected chi connectivity index (χ2v) is 7.13. The molecule has 1 aliphatic heterocycles. The van der Waals surface area contributed by atoms with Crippen molar-refractivity contribution in [3.8, 4) is 0 Å². The van der Waals surface area contributed by atoms with E-state index in [1.165, 1.54) is 5.56 Å². The third-order valence-electron chi connectivity index (χ3n) is 4.53. The summed E-state index contributed by atoms with van der Waals surface area (Å²) in [6, 6.07) is 8.64. The van der Waals surface area contributed by atoms with E-state index in [1.807, 2.05) is 6.92 Å². The van der Waals surface area contributed by atoms with Crippen molar-refractivity contribution < 1.29 is 9.47 Å². The van der Waals surface area contributed by atoms with E-state index in [0.717, 1.165) is 62.7 Å². The second kappa shape index (κ2) is 12.9. The van der Waals surface area contributed by atoms with Gasteiger partial charge in [-0.2, -0.15) is 0 Å². The van der Waals surface area contributed by atoms with Gasteiger partial charge in [0.15, 0.2) is 5.96 Å². The maximum atomic E-state index is 5.61. The number of nitrogens with zero attached hydrogens (tertiary/aromatic N) is 1. The molecule has 1 aromatic carbocycles. The number of hydrogen-bond donors (Lipinski definition) is 2. The van der Waals surface area contributed by atoms with Crippen LogP contribution < -0.4 is 10.6 Å². The Morgan fingerprint density at radius 1 is 1.19 bits per heavy atom. The highest BCUT2D eigenvalue weighted by Gasteiger charge is 2.34. The lowest BCUT2D eigenvalue weighted by molar-refractivity contribution is 0.0531. The summed E-state index contributed by atoms with van der Waals surface area (Å²) in [5.41, 5.74) is 1.38. The molecule has 0 radical (unpaired) electrons. The van der Waals surface area contributed by atoms with Gasteiger partial charge in [-0.15, -0.1) is 24.0 Å². The van der Waals surface area contributed by atoms with E-state index in [0.29, 0.717) is 6.61 Å². The van der Waals surface area contributed by atoms with Crippen molar-refractivity contribution in [3.05, 3.63) is 34.3 Å². The average Bonchev–Trinajstić information content (AvgIpc) is 2.64. The van der Waals surface area contributed by atoms with Crippen molar-refractivity contribution in [2.24, 2.45) is 4.99 Å². The van der Waals surface area contributed by atoms with E-state index in [2.05, 4.69) is 57.8 Å². The SMILES string of the molecule is CCNC(=NCC1(c2ccc(Br)cc2)CCOCC1)NCCOCC.I. The van der Waals surface area contributed by atoms with E-state index in [9.17, 15) is 0 Å². The number of guanidine groups is 1. The van der Waals surface area contributed by atoms with E-state index in [4.69, 9.17) is 14.5 Å².